The van der Waals surface area contributed by atoms with E-state index < -0.39 is 0 Å². The number of hydrogen-bond acceptors (Lipinski definition) is 3. The van der Waals surface area contributed by atoms with Gasteiger partial charge in [0.05, 0.1) is 7.11 Å². The van der Waals surface area contributed by atoms with E-state index in [0.717, 1.165) is 0 Å². The molecule has 0 unspecified atom stereocenters. The molecule has 0 atom stereocenters. The Morgan fingerprint density at radius 1 is 1.20 bits per heavy atom. The van der Waals surface area contributed by atoms with Crippen LogP contribution in [0.2, 0.25) is 0 Å². The van der Waals surface area contributed by atoms with Gasteiger partial charge in [-0.25, -0.2) is 4.98 Å². The van der Waals surface area contributed by atoms with Crippen LogP contribution < -0.4 is 9.47 Å². The number of methoxy groups -OCH3 is 1. The number of para-hydroxylation sites is 2. The maximum absolute atomic E-state index is 5.60. The number of aryl methyl sites for hydroxylation is 1. The van der Waals surface area contributed by atoms with E-state index in [1.807, 2.05) is 37.5 Å². The Morgan fingerprint density at radius 3 is 2.53 bits per heavy atom. The van der Waals surface area contributed by atoms with Crippen LogP contribution in [0, 0.1) is 0 Å². The highest BCUT2D eigenvalue weighted by Crippen LogP contribution is 2.29. The van der Waals surface area contributed by atoms with E-state index in [4.69, 9.17) is 9.47 Å². The van der Waals surface area contributed by atoms with Crippen LogP contribution in [-0.4, -0.2) is 16.7 Å². The van der Waals surface area contributed by atoms with Crippen molar-refractivity contribution >= 4 is 0 Å². The SMILES string of the molecule is COc1ccccc1Oc1nccn1C. The van der Waals surface area contributed by atoms with Crippen molar-refractivity contribution in [2.24, 2.45) is 7.05 Å². The lowest BCUT2D eigenvalue weighted by Crippen LogP contribution is -1.95. The molecule has 1 aromatic carbocycles. The van der Waals surface area contributed by atoms with Gasteiger partial charge in [0.1, 0.15) is 0 Å². The molecule has 0 amide bonds. The van der Waals surface area contributed by atoms with Crippen LogP contribution in [0.25, 0.3) is 0 Å². The first-order valence-electron chi connectivity index (χ1n) is 4.59. The Bertz CT molecular complexity index is 451. The summed E-state index contributed by atoms with van der Waals surface area (Å²) in [7, 11) is 3.48. The molecule has 78 valence electrons. The lowest BCUT2D eigenvalue weighted by atomic mass is 10.3. The van der Waals surface area contributed by atoms with Gasteiger partial charge < -0.3 is 14.0 Å². The van der Waals surface area contributed by atoms with Gasteiger partial charge in [-0.15, -0.1) is 0 Å². The number of benzene rings is 1. The second kappa shape index (κ2) is 4.04. The van der Waals surface area contributed by atoms with Gasteiger partial charge >= 0.3 is 6.01 Å². The second-order valence-electron chi connectivity index (χ2n) is 3.07. The molecule has 1 aromatic heterocycles. The van der Waals surface area contributed by atoms with Gasteiger partial charge in [0.15, 0.2) is 11.5 Å². The largest absolute Gasteiger partial charge is 0.493 e. The highest BCUT2D eigenvalue weighted by molar-refractivity contribution is 5.40. The second-order valence-corrected chi connectivity index (χ2v) is 3.07. The summed E-state index contributed by atoms with van der Waals surface area (Å²) in [5.74, 6) is 1.36. The predicted octanol–water partition coefficient (Wildman–Crippen LogP) is 2.22. The summed E-state index contributed by atoms with van der Waals surface area (Å²) >= 11 is 0. The van der Waals surface area contributed by atoms with Crippen LogP contribution in [0.3, 0.4) is 0 Å². The van der Waals surface area contributed by atoms with Gasteiger partial charge in [0.25, 0.3) is 0 Å². The molecule has 2 rings (SSSR count). The number of ether oxygens (including phenoxy) is 2. The molecule has 0 saturated carbocycles. The number of hydrogen-bond donors (Lipinski definition) is 0. The molecule has 0 saturated heterocycles. The van der Waals surface area contributed by atoms with E-state index in [9.17, 15) is 0 Å². The van der Waals surface area contributed by atoms with Crippen molar-refractivity contribution < 1.29 is 9.47 Å². The average molecular weight is 204 g/mol. The van der Waals surface area contributed by atoms with Crippen molar-refractivity contribution in [3.8, 4) is 17.5 Å². The number of aromatic nitrogens is 2. The summed E-state index contributed by atoms with van der Waals surface area (Å²) in [6, 6.07) is 8.01. The summed E-state index contributed by atoms with van der Waals surface area (Å²) in [5.41, 5.74) is 0. The Hall–Kier alpha value is -1.97. The van der Waals surface area contributed by atoms with E-state index in [1.54, 1.807) is 17.9 Å². The fourth-order valence-corrected chi connectivity index (χ4v) is 1.25. The van der Waals surface area contributed by atoms with Crippen molar-refractivity contribution in [1.82, 2.24) is 9.55 Å². The van der Waals surface area contributed by atoms with Crippen molar-refractivity contribution in [3.05, 3.63) is 36.7 Å². The van der Waals surface area contributed by atoms with E-state index in [2.05, 4.69) is 4.98 Å². The minimum Gasteiger partial charge on any atom is -0.493 e. The fraction of sp³-hybridized carbons (Fsp3) is 0.182. The lowest BCUT2D eigenvalue weighted by molar-refractivity contribution is 0.362. The van der Waals surface area contributed by atoms with Crippen LogP contribution in [0.4, 0.5) is 0 Å². The van der Waals surface area contributed by atoms with E-state index in [0.29, 0.717) is 17.5 Å². The van der Waals surface area contributed by atoms with E-state index in [-0.39, 0.29) is 0 Å². The normalized spacial score (nSPS) is 10.0. The summed E-state index contributed by atoms with van der Waals surface area (Å²) in [6.45, 7) is 0. The maximum Gasteiger partial charge on any atom is 0.301 e. The van der Waals surface area contributed by atoms with Crippen LogP contribution in [-0.2, 0) is 7.05 Å². The Labute approximate surface area is 88.1 Å². The molecule has 0 spiro atoms. The zero-order valence-electron chi connectivity index (χ0n) is 8.68. The topological polar surface area (TPSA) is 36.3 Å². The van der Waals surface area contributed by atoms with Gasteiger partial charge in [0.2, 0.25) is 0 Å². The fourth-order valence-electron chi connectivity index (χ4n) is 1.25. The molecular weight excluding hydrogens is 192 g/mol. The number of nitrogens with zero attached hydrogens (tertiary/aromatic N) is 2. The number of imidazole rings is 1. The van der Waals surface area contributed by atoms with Crippen molar-refractivity contribution in [2.45, 2.75) is 0 Å². The molecule has 0 aliphatic carbocycles. The zero-order valence-corrected chi connectivity index (χ0v) is 8.68. The Kier molecular flexibility index (Phi) is 2.58. The molecule has 0 N–H and O–H groups in total. The third-order valence-corrected chi connectivity index (χ3v) is 2.05. The van der Waals surface area contributed by atoms with E-state index >= 15 is 0 Å². The summed E-state index contributed by atoms with van der Waals surface area (Å²) in [5, 5.41) is 0. The highest BCUT2D eigenvalue weighted by Gasteiger charge is 2.06. The zero-order chi connectivity index (χ0) is 10.7. The monoisotopic (exact) mass is 204 g/mol. The first kappa shape index (κ1) is 9.58. The minimum atomic E-state index is 0.541. The summed E-state index contributed by atoms with van der Waals surface area (Å²) < 4.78 is 12.6. The van der Waals surface area contributed by atoms with Crippen LogP contribution >= 0.6 is 0 Å². The van der Waals surface area contributed by atoms with Crippen molar-refractivity contribution in [3.63, 3.8) is 0 Å². The standard InChI is InChI=1S/C11H12N2O2/c1-13-8-7-12-11(13)15-10-6-4-3-5-9(10)14-2/h3-8H,1-2H3. The summed E-state index contributed by atoms with van der Waals surface area (Å²) in [4.78, 5) is 4.07. The van der Waals surface area contributed by atoms with Gasteiger partial charge in [-0.05, 0) is 12.1 Å². The Balaban J connectivity index is 2.28. The quantitative estimate of drug-likeness (QED) is 0.769. The molecular formula is C11H12N2O2. The van der Waals surface area contributed by atoms with Crippen LogP contribution in [0.1, 0.15) is 0 Å². The molecule has 4 nitrogen and oxygen atoms in total. The van der Waals surface area contributed by atoms with Crippen molar-refractivity contribution in [1.29, 1.82) is 0 Å². The van der Waals surface area contributed by atoms with Gasteiger partial charge in [-0.1, -0.05) is 12.1 Å². The average Bonchev–Trinajstić information content (AvgIpc) is 2.65. The Morgan fingerprint density at radius 2 is 1.93 bits per heavy atom. The number of rotatable bonds is 3. The van der Waals surface area contributed by atoms with Crippen molar-refractivity contribution in [2.75, 3.05) is 7.11 Å². The minimum absolute atomic E-state index is 0.541. The maximum atomic E-state index is 5.60. The molecule has 2 aromatic rings. The van der Waals surface area contributed by atoms with Gasteiger partial charge in [-0.3, -0.25) is 0 Å². The molecule has 1 heterocycles. The first-order valence-corrected chi connectivity index (χ1v) is 4.59. The third kappa shape index (κ3) is 1.93. The molecule has 0 aliphatic rings. The van der Waals surface area contributed by atoms with E-state index in [1.165, 1.54) is 0 Å². The van der Waals surface area contributed by atoms with Crippen LogP contribution in [0.5, 0.6) is 17.5 Å². The smallest absolute Gasteiger partial charge is 0.301 e. The first-order chi connectivity index (χ1) is 7.31. The van der Waals surface area contributed by atoms with Gasteiger partial charge in [-0.2, -0.15) is 0 Å². The molecule has 0 aliphatic heterocycles. The molecule has 0 bridgehead atoms. The molecule has 4 heteroatoms. The molecule has 15 heavy (non-hydrogen) atoms. The molecule has 0 radical (unpaired) electrons. The van der Waals surface area contributed by atoms with Gasteiger partial charge in [0, 0.05) is 19.4 Å². The predicted molar refractivity (Wildman–Crippen MR) is 56.3 cm³/mol. The highest BCUT2D eigenvalue weighted by atomic mass is 16.5. The molecule has 0 fully saturated rings. The third-order valence-electron chi connectivity index (χ3n) is 2.05. The summed E-state index contributed by atoms with van der Waals surface area (Å²) in [6.07, 6.45) is 3.51. The lowest BCUT2D eigenvalue weighted by Gasteiger charge is -2.08. The van der Waals surface area contributed by atoms with Crippen LogP contribution in [0.15, 0.2) is 36.7 Å².